The summed E-state index contributed by atoms with van der Waals surface area (Å²) in [5, 5.41) is 13.9. The zero-order valence-electron chi connectivity index (χ0n) is 15.6. The third kappa shape index (κ3) is 6.18. The van der Waals surface area contributed by atoms with Crippen molar-refractivity contribution in [3.63, 3.8) is 0 Å². The Morgan fingerprint density at radius 3 is 2.67 bits per heavy atom. The Bertz CT molecular complexity index is 811. The molecule has 0 saturated heterocycles. The summed E-state index contributed by atoms with van der Waals surface area (Å²) in [6, 6.07) is 12.8. The van der Waals surface area contributed by atoms with E-state index in [1.54, 1.807) is 12.1 Å². The summed E-state index contributed by atoms with van der Waals surface area (Å²) in [7, 11) is 5.34. The number of hydrogen-bond acceptors (Lipinski definition) is 6. The molecule has 144 valence electrons. The van der Waals surface area contributed by atoms with Gasteiger partial charge in [0.2, 0.25) is 5.91 Å². The highest BCUT2D eigenvalue weighted by molar-refractivity contribution is 7.99. The van der Waals surface area contributed by atoms with Crippen molar-refractivity contribution in [1.82, 2.24) is 5.32 Å². The van der Waals surface area contributed by atoms with Crippen molar-refractivity contribution in [3.05, 3.63) is 63.7 Å². The zero-order chi connectivity index (χ0) is 19.8. The van der Waals surface area contributed by atoms with E-state index < -0.39 is 4.92 Å². The second-order valence-corrected chi connectivity index (χ2v) is 7.08. The topological polar surface area (TPSA) is 84.7 Å². The van der Waals surface area contributed by atoms with E-state index in [9.17, 15) is 14.9 Å². The van der Waals surface area contributed by atoms with E-state index in [0.717, 1.165) is 16.8 Å². The summed E-state index contributed by atoms with van der Waals surface area (Å²) in [5.74, 6) is 0.950. The molecule has 7 nitrogen and oxygen atoms in total. The number of hydrogen-bond donors (Lipinski definition) is 1. The lowest BCUT2D eigenvalue weighted by molar-refractivity contribution is -0.385. The van der Waals surface area contributed by atoms with Gasteiger partial charge in [-0.05, 0) is 29.3 Å². The second-order valence-electron chi connectivity index (χ2n) is 6.10. The van der Waals surface area contributed by atoms with E-state index in [1.165, 1.54) is 24.9 Å². The average molecular weight is 389 g/mol. The fraction of sp³-hybridized carbons (Fsp3) is 0.316. The minimum absolute atomic E-state index is 0.0687. The van der Waals surface area contributed by atoms with Crippen LogP contribution >= 0.6 is 11.8 Å². The first-order valence-electron chi connectivity index (χ1n) is 8.32. The van der Waals surface area contributed by atoms with Crippen LogP contribution in [-0.2, 0) is 17.1 Å². The molecule has 0 aliphatic heterocycles. The Kier molecular flexibility index (Phi) is 7.48. The average Bonchev–Trinajstić information content (AvgIpc) is 2.66. The standard InChI is InChI=1S/C19H23N3O4S/c1-21(2)16-6-4-5-14(9-16)11-20-19(23)13-27-12-15-7-8-18(26-3)17(10-15)22(24)25/h4-10H,11-13H2,1-3H3,(H,20,23). The smallest absolute Gasteiger partial charge is 0.311 e. The predicted octanol–water partition coefficient (Wildman–Crippen LogP) is 3.22. The number of nitro benzene ring substituents is 1. The van der Waals surface area contributed by atoms with Gasteiger partial charge in [0.1, 0.15) is 0 Å². The molecule has 0 heterocycles. The van der Waals surface area contributed by atoms with Gasteiger partial charge in [-0.25, -0.2) is 0 Å². The minimum Gasteiger partial charge on any atom is -0.490 e. The highest BCUT2D eigenvalue weighted by Gasteiger charge is 2.15. The normalized spacial score (nSPS) is 10.3. The molecule has 0 bridgehead atoms. The number of ether oxygens (including phenoxy) is 1. The SMILES string of the molecule is COc1ccc(CSCC(=O)NCc2cccc(N(C)C)c2)cc1[N+](=O)[O-]. The van der Waals surface area contributed by atoms with Crippen LogP contribution in [-0.4, -0.2) is 37.8 Å². The quantitative estimate of drug-likeness (QED) is 0.524. The van der Waals surface area contributed by atoms with Crippen molar-refractivity contribution >= 4 is 29.0 Å². The lowest BCUT2D eigenvalue weighted by Crippen LogP contribution is -2.24. The molecule has 0 aliphatic carbocycles. The van der Waals surface area contributed by atoms with E-state index in [4.69, 9.17) is 4.74 Å². The molecule has 0 radical (unpaired) electrons. The number of thioether (sulfide) groups is 1. The van der Waals surface area contributed by atoms with Crippen LogP contribution in [0.2, 0.25) is 0 Å². The highest BCUT2D eigenvalue weighted by atomic mass is 32.2. The minimum atomic E-state index is -0.471. The number of nitro groups is 1. The Morgan fingerprint density at radius 2 is 2.00 bits per heavy atom. The second kappa shape index (κ2) is 9.82. The van der Waals surface area contributed by atoms with Crippen molar-refractivity contribution in [2.24, 2.45) is 0 Å². The predicted molar refractivity (Wildman–Crippen MR) is 108 cm³/mol. The molecule has 2 rings (SSSR count). The molecule has 8 heteroatoms. The number of carbonyl (C=O) groups excluding carboxylic acids is 1. The molecule has 0 atom stereocenters. The number of nitrogens with one attached hydrogen (secondary N) is 1. The lowest BCUT2D eigenvalue weighted by atomic mass is 10.2. The van der Waals surface area contributed by atoms with Gasteiger partial charge in [-0.2, -0.15) is 0 Å². The van der Waals surface area contributed by atoms with Crippen LogP contribution in [0.1, 0.15) is 11.1 Å². The van der Waals surface area contributed by atoms with Crippen LogP contribution in [0.3, 0.4) is 0 Å². The molecule has 2 aromatic carbocycles. The Morgan fingerprint density at radius 1 is 1.22 bits per heavy atom. The molecule has 0 saturated carbocycles. The van der Waals surface area contributed by atoms with Gasteiger partial charge in [0, 0.05) is 38.1 Å². The highest BCUT2D eigenvalue weighted by Crippen LogP contribution is 2.28. The number of nitrogens with zero attached hydrogens (tertiary/aromatic N) is 2. The van der Waals surface area contributed by atoms with Gasteiger partial charge in [-0.3, -0.25) is 14.9 Å². The van der Waals surface area contributed by atoms with Crippen molar-refractivity contribution < 1.29 is 14.5 Å². The van der Waals surface area contributed by atoms with E-state index in [-0.39, 0.29) is 23.1 Å². The largest absolute Gasteiger partial charge is 0.490 e. The van der Waals surface area contributed by atoms with Crippen LogP contribution in [0, 0.1) is 10.1 Å². The maximum atomic E-state index is 12.0. The van der Waals surface area contributed by atoms with E-state index in [2.05, 4.69) is 5.32 Å². The Balaban J connectivity index is 1.82. The van der Waals surface area contributed by atoms with Gasteiger partial charge in [0.25, 0.3) is 0 Å². The summed E-state index contributed by atoms with van der Waals surface area (Å²) >= 11 is 1.41. The fourth-order valence-electron chi connectivity index (χ4n) is 2.43. The number of carbonyl (C=O) groups is 1. The van der Waals surface area contributed by atoms with Crippen LogP contribution < -0.4 is 15.0 Å². The number of amides is 1. The van der Waals surface area contributed by atoms with Crippen LogP contribution in [0.4, 0.5) is 11.4 Å². The van der Waals surface area contributed by atoms with E-state index >= 15 is 0 Å². The van der Waals surface area contributed by atoms with Crippen molar-refractivity contribution in [3.8, 4) is 5.75 Å². The zero-order valence-corrected chi connectivity index (χ0v) is 16.4. The van der Waals surface area contributed by atoms with Gasteiger partial charge >= 0.3 is 5.69 Å². The van der Waals surface area contributed by atoms with Crippen molar-refractivity contribution in [2.75, 3.05) is 31.9 Å². The van der Waals surface area contributed by atoms with Gasteiger partial charge in [0.15, 0.2) is 5.75 Å². The first-order chi connectivity index (χ1) is 12.9. The molecule has 0 unspecified atom stereocenters. The number of benzene rings is 2. The summed E-state index contributed by atoms with van der Waals surface area (Å²) in [5.41, 5.74) is 2.82. The molecule has 1 amide bonds. The number of methoxy groups -OCH3 is 1. The van der Waals surface area contributed by atoms with Gasteiger partial charge < -0.3 is 15.0 Å². The summed E-state index contributed by atoms with van der Waals surface area (Å²) in [6.07, 6.45) is 0. The molecule has 0 aliphatic rings. The summed E-state index contributed by atoms with van der Waals surface area (Å²) < 4.78 is 4.99. The summed E-state index contributed by atoms with van der Waals surface area (Å²) in [4.78, 5) is 24.6. The third-order valence-corrected chi connectivity index (χ3v) is 4.86. The maximum absolute atomic E-state index is 12.0. The molecule has 2 aromatic rings. The maximum Gasteiger partial charge on any atom is 0.311 e. The summed E-state index contributed by atoms with van der Waals surface area (Å²) in [6.45, 7) is 0.467. The molecule has 27 heavy (non-hydrogen) atoms. The van der Waals surface area contributed by atoms with E-state index in [1.807, 2.05) is 43.3 Å². The Labute approximate surface area is 162 Å². The third-order valence-electron chi connectivity index (χ3n) is 3.86. The molecule has 0 fully saturated rings. The fourth-order valence-corrected chi connectivity index (χ4v) is 3.23. The first-order valence-corrected chi connectivity index (χ1v) is 9.48. The van der Waals surface area contributed by atoms with E-state index in [0.29, 0.717) is 12.3 Å². The Hall–Kier alpha value is -2.74. The molecular weight excluding hydrogens is 366 g/mol. The molecule has 1 N–H and O–H groups in total. The first kappa shape index (κ1) is 20.6. The van der Waals surface area contributed by atoms with Crippen molar-refractivity contribution in [1.29, 1.82) is 0 Å². The van der Waals surface area contributed by atoms with Gasteiger partial charge in [-0.15, -0.1) is 11.8 Å². The number of rotatable bonds is 9. The molecule has 0 aromatic heterocycles. The van der Waals surface area contributed by atoms with Crippen molar-refractivity contribution in [2.45, 2.75) is 12.3 Å². The van der Waals surface area contributed by atoms with Gasteiger partial charge in [-0.1, -0.05) is 18.2 Å². The van der Waals surface area contributed by atoms with Crippen LogP contribution in [0.5, 0.6) is 5.75 Å². The monoisotopic (exact) mass is 389 g/mol. The molecule has 0 spiro atoms. The van der Waals surface area contributed by atoms with Gasteiger partial charge in [0.05, 0.1) is 17.8 Å². The molecular formula is C19H23N3O4S. The van der Waals surface area contributed by atoms with Crippen LogP contribution in [0.15, 0.2) is 42.5 Å². The van der Waals surface area contributed by atoms with Crippen LogP contribution in [0.25, 0.3) is 0 Å². The lowest BCUT2D eigenvalue weighted by Gasteiger charge is -2.13. The number of anilines is 1.